The van der Waals surface area contributed by atoms with Crippen LogP contribution < -0.4 is 15.5 Å². The summed E-state index contributed by atoms with van der Waals surface area (Å²) in [7, 11) is 1.84. The number of aromatic nitrogens is 5. The van der Waals surface area contributed by atoms with Crippen LogP contribution in [0.4, 0.5) is 30.6 Å². The molecule has 0 saturated heterocycles. The summed E-state index contributed by atoms with van der Waals surface area (Å²) in [6, 6.07) is 3.86. The maximum atomic E-state index is 12.2. The summed E-state index contributed by atoms with van der Waals surface area (Å²) in [5.74, 6) is 1.03. The fraction of sp³-hybridized carbons (Fsp3) is 0.350. The summed E-state index contributed by atoms with van der Waals surface area (Å²) in [6.07, 6.45) is 0.171. The fourth-order valence-corrected chi connectivity index (χ4v) is 2.89. The molecule has 0 aromatic carbocycles. The molecule has 0 spiro atoms. The van der Waals surface area contributed by atoms with E-state index in [1.54, 1.807) is 35.0 Å². The highest BCUT2D eigenvalue weighted by Gasteiger charge is 2.32. The van der Waals surface area contributed by atoms with Crippen molar-refractivity contribution in [2.45, 2.75) is 32.6 Å². The molecule has 9 nitrogen and oxygen atoms in total. The molecule has 1 atom stereocenters. The monoisotopic (exact) mass is 450 g/mol. The lowest BCUT2D eigenvalue weighted by atomic mass is 10.2. The zero-order chi connectivity index (χ0) is 24.2. The third kappa shape index (κ3) is 5.13. The van der Waals surface area contributed by atoms with Crippen molar-refractivity contribution in [3.63, 3.8) is 0 Å². The van der Waals surface area contributed by atoms with Crippen molar-refractivity contribution in [3.05, 3.63) is 53.7 Å². The fourth-order valence-electron chi connectivity index (χ4n) is 2.89. The highest BCUT2D eigenvalue weighted by molar-refractivity contribution is 6.03. The van der Waals surface area contributed by atoms with E-state index in [9.17, 15) is 18.0 Å². The Balaban J connectivity index is 0.000000186. The third-order valence-electron chi connectivity index (χ3n) is 4.79. The van der Waals surface area contributed by atoms with Gasteiger partial charge in [0, 0.05) is 34.0 Å². The summed E-state index contributed by atoms with van der Waals surface area (Å²) in [5, 5.41) is 9.50. The molecule has 0 unspecified atom stereocenters. The molecule has 1 amide bonds. The normalized spacial score (nSPS) is 15.8. The molecule has 3 aromatic rings. The van der Waals surface area contributed by atoms with Crippen molar-refractivity contribution in [1.29, 1.82) is 0 Å². The maximum Gasteiger partial charge on any atom is 0.433 e. The molecule has 1 aliphatic rings. The standard InChI is InChI=1S/C10H8F3N3.C10H15N5O/c11-10(12,13)9-3-2-8(6-14-9)7-16-5-1-4-15-16;1-5-7-8(14-10(11-3)12-5)15(4)6(2)9(16)13-7/h1-6H,7H2;6H,1-4H3,(H,13,16)(H,11,12,14)/t;6-/m.0/s1/i;3T. The number of fused-ring (bicyclic) bond motifs is 1. The minimum Gasteiger partial charge on any atom is -0.357 e. The number of carbonyl (C=O) groups is 1. The number of pyridine rings is 1. The van der Waals surface area contributed by atoms with Gasteiger partial charge < -0.3 is 15.5 Å². The molecule has 0 bridgehead atoms. The molecule has 4 rings (SSSR count). The predicted molar refractivity (Wildman–Crippen MR) is 113 cm³/mol. The van der Waals surface area contributed by atoms with Gasteiger partial charge in [-0.25, -0.2) is 4.98 Å². The van der Waals surface area contributed by atoms with Gasteiger partial charge in [-0.15, -0.1) is 0 Å². The molecule has 0 fully saturated rings. The smallest absolute Gasteiger partial charge is 0.357 e. The van der Waals surface area contributed by atoms with Crippen molar-refractivity contribution in [2.24, 2.45) is 0 Å². The van der Waals surface area contributed by atoms with Crippen molar-refractivity contribution < 1.29 is 19.3 Å². The molecule has 1 aliphatic heterocycles. The molecule has 12 heteroatoms. The van der Waals surface area contributed by atoms with Gasteiger partial charge >= 0.3 is 6.18 Å². The molecule has 0 saturated carbocycles. The van der Waals surface area contributed by atoms with Gasteiger partial charge in [0.2, 0.25) is 11.9 Å². The van der Waals surface area contributed by atoms with E-state index < -0.39 is 11.9 Å². The zero-order valence-corrected chi connectivity index (χ0v) is 17.7. The second-order valence-electron chi connectivity index (χ2n) is 7.04. The average molecular weight is 450 g/mol. The van der Waals surface area contributed by atoms with Crippen LogP contribution in [-0.4, -0.2) is 50.8 Å². The van der Waals surface area contributed by atoms with Crippen LogP contribution in [0.25, 0.3) is 0 Å². The lowest BCUT2D eigenvalue weighted by molar-refractivity contribution is -0.141. The number of likely N-dealkylation sites (N-methyl/N-ethyl adjacent to an activating group) is 1. The number of hydrogen-bond donors (Lipinski definition) is 2. The first-order valence-electron chi connectivity index (χ1n) is 10.3. The summed E-state index contributed by atoms with van der Waals surface area (Å²) in [5.41, 5.74) is 1.14. The van der Waals surface area contributed by atoms with Gasteiger partial charge in [-0.05, 0) is 31.5 Å². The highest BCUT2D eigenvalue weighted by Crippen LogP contribution is 2.31. The van der Waals surface area contributed by atoms with Gasteiger partial charge in [-0.1, -0.05) is 6.07 Å². The number of amides is 1. The van der Waals surface area contributed by atoms with Crippen LogP contribution in [0.3, 0.4) is 0 Å². The number of nitrogens with one attached hydrogen (secondary N) is 2. The molecular weight excluding hydrogens is 425 g/mol. The number of nitrogens with zero attached hydrogens (tertiary/aromatic N) is 6. The number of aryl methyl sites for hydroxylation is 1. The summed E-state index contributed by atoms with van der Waals surface area (Å²) >= 11 is 0. The van der Waals surface area contributed by atoms with Gasteiger partial charge in [-0.3, -0.25) is 14.5 Å². The van der Waals surface area contributed by atoms with Crippen LogP contribution >= 0.6 is 0 Å². The number of carbonyl (C=O) groups excluding carboxylic acids is 1. The van der Waals surface area contributed by atoms with Gasteiger partial charge in [-0.2, -0.15) is 23.3 Å². The summed E-state index contributed by atoms with van der Waals surface area (Å²) in [4.78, 5) is 25.3. The van der Waals surface area contributed by atoms with Crippen LogP contribution in [0.2, 0.25) is 0 Å². The Hall–Kier alpha value is -3.70. The van der Waals surface area contributed by atoms with E-state index in [0.717, 1.165) is 6.07 Å². The number of rotatable bonds is 3. The van der Waals surface area contributed by atoms with E-state index in [1.807, 2.05) is 14.0 Å². The summed E-state index contributed by atoms with van der Waals surface area (Å²) in [6.45, 7) is 4.03. The van der Waals surface area contributed by atoms with Crippen LogP contribution in [0.5, 0.6) is 0 Å². The molecule has 0 radical (unpaired) electrons. The lowest BCUT2D eigenvalue weighted by Crippen LogP contribution is -2.44. The molecule has 3 aromatic heterocycles. The molecule has 2 N–H and O–H groups in total. The van der Waals surface area contributed by atoms with Crippen LogP contribution in [0.1, 0.15) is 25.2 Å². The largest absolute Gasteiger partial charge is 0.433 e. The van der Waals surface area contributed by atoms with Gasteiger partial charge in [0.25, 0.3) is 0 Å². The Labute approximate surface area is 184 Å². The van der Waals surface area contributed by atoms with E-state index in [-0.39, 0.29) is 19.0 Å². The molecular formula is C20H23F3N8O. The van der Waals surface area contributed by atoms with Crippen molar-refractivity contribution in [2.75, 3.05) is 29.6 Å². The molecule has 170 valence electrons. The van der Waals surface area contributed by atoms with Crippen molar-refractivity contribution in [1.82, 2.24) is 24.7 Å². The Bertz CT molecular complexity index is 1090. The van der Waals surface area contributed by atoms with Gasteiger partial charge in [0.05, 0.1) is 12.2 Å². The van der Waals surface area contributed by atoms with Crippen LogP contribution in [-0.2, 0) is 17.5 Å². The van der Waals surface area contributed by atoms with Gasteiger partial charge in [0.1, 0.15) is 17.4 Å². The predicted octanol–water partition coefficient (Wildman–Crippen LogP) is 2.95. The van der Waals surface area contributed by atoms with Gasteiger partial charge in [0.15, 0.2) is 5.82 Å². The van der Waals surface area contributed by atoms with E-state index in [4.69, 9.17) is 1.37 Å². The Morgan fingerprint density at radius 1 is 1.31 bits per heavy atom. The van der Waals surface area contributed by atoms with E-state index in [1.165, 1.54) is 12.3 Å². The van der Waals surface area contributed by atoms with Crippen LogP contribution in [0, 0.1) is 6.92 Å². The average Bonchev–Trinajstić information content (AvgIpc) is 3.27. The molecule has 0 aliphatic carbocycles. The minimum absolute atomic E-state index is 0.0177. The first-order chi connectivity index (χ1) is 15.6. The number of halogens is 3. The van der Waals surface area contributed by atoms with E-state index in [2.05, 4.69) is 30.7 Å². The third-order valence-corrected chi connectivity index (χ3v) is 4.79. The summed E-state index contributed by atoms with van der Waals surface area (Å²) < 4.78 is 45.4. The highest BCUT2D eigenvalue weighted by atomic mass is 19.4. The van der Waals surface area contributed by atoms with Crippen molar-refractivity contribution >= 4 is 23.4 Å². The van der Waals surface area contributed by atoms with E-state index >= 15 is 0 Å². The van der Waals surface area contributed by atoms with Crippen LogP contribution in [0.15, 0.2) is 36.8 Å². The Kier molecular flexibility index (Phi) is 6.19. The Morgan fingerprint density at radius 2 is 2.09 bits per heavy atom. The lowest BCUT2D eigenvalue weighted by Gasteiger charge is -2.32. The minimum atomic E-state index is -4.38. The number of hydrogen-bond acceptors (Lipinski definition) is 7. The molecule has 32 heavy (non-hydrogen) atoms. The number of alkyl halides is 3. The maximum absolute atomic E-state index is 12.2. The second kappa shape index (κ2) is 9.20. The first kappa shape index (κ1) is 21.5. The van der Waals surface area contributed by atoms with Crippen molar-refractivity contribution in [3.8, 4) is 0 Å². The quantitative estimate of drug-likeness (QED) is 0.633. The Morgan fingerprint density at radius 3 is 2.69 bits per heavy atom. The SMILES string of the molecule is FC(F)(F)c1ccc(Cn2cccn2)cn1.[3H]CNc1nc(C)c2c(n1)N(C)[C@@H](C)C(=O)N2. The first-order valence-corrected chi connectivity index (χ1v) is 9.55. The number of anilines is 3. The topological polar surface area (TPSA) is 101 Å². The zero-order valence-electron chi connectivity index (χ0n) is 18.7. The second-order valence-corrected chi connectivity index (χ2v) is 7.04. The van der Waals surface area contributed by atoms with E-state index in [0.29, 0.717) is 35.3 Å². The molecule has 4 heterocycles.